The summed E-state index contributed by atoms with van der Waals surface area (Å²) in [5.74, 6) is 2.49. The van der Waals surface area contributed by atoms with Gasteiger partial charge in [0.15, 0.2) is 0 Å². The highest BCUT2D eigenvalue weighted by Gasteiger charge is 2.10. The first kappa shape index (κ1) is 13.1. The van der Waals surface area contributed by atoms with Gasteiger partial charge in [-0.2, -0.15) is 0 Å². The SMILES string of the molecule is C#CCCCNC(=O)c1cc(C)nc2ccccc12. The summed E-state index contributed by atoms with van der Waals surface area (Å²) in [7, 11) is 0. The minimum atomic E-state index is -0.0706. The molecule has 0 saturated heterocycles. The van der Waals surface area contributed by atoms with Gasteiger partial charge in [0.05, 0.1) is 11.1 Å². The molecule has 0 aliphatic heterocycles. The maximum absolute atomic E-state index is 12.2. The lowest BCUT2D eigenvalue weighted by Gasteiger charge is -2.08. The topological polar surface area (TPSA) is 42.0 Å². The number of nitrogens with one attached hydrogen (secondary N) is 1. The molecule has 0 saturated carbocycles. The van der Waals surface area contributed by atoms with Gasteiger partial charge in [0.1, 0.15) is 0 Å². The monoisotopic (exact) mass is 252 g/mol. The van der Waals surface area contributed by atoms with Gasteiger partial charge in [0, 0.05) is 24.0 Å². The number of amides is 1. The molecule has 0 unspecified atom stereocenters. The Bertz CT molecular complexity index is 641. The average molecular weight is 252 g/mol. The summed E-state index contributed by atoms with van der Waals surface area (Å²) in [6.45, 7) is 2.49. The Balaban J connectivity index is 2.24. The zero-order valence-electron chi connectivity index (χ0n) is 10.9. The molecule has 1 heterocycles. The Labute approximate surface area is 113 Å². The summed E-state index contributed by atoms with van der Waals surface area (Å²) < 4.78 is 0. The highest BCUT2D eigenvalue weighted by atomic mass is 16.1. The third-order valence-corrected chi connectivity index (χ3v) is 2.87. The lowest BCUT2D eigenvalue weighted by molar-refractivity contribution is 0.0955. The van der Waals surface area contributed by atoms with Crippen molar-refractivity contribution in [2.45, 2.75) is 19.8 Å². The normalized spacial score (nSPS) is 10.1. The number of unbranched alkanes of at least 4 members (excludes halogenated alkanes) is 1. The minimum absolute atomic E-state index is 0.0706. The van der Waals surface area contributed by atoms with Crippen molar-refractivity contribution < 1.29 is 4.79 Å². The van der Waals surface area contributed by atoms with Crippen LogP contribution < -0.4 is 5.32 Å². The van der Waals surface area contributed by atoms with Gasteiger partial charge in [-0.05, 0) is 25.5 Å². The smallest absolute Gasteiger partial charge is 0.252 e. The molecule has 0 aliphatic rings. The van der Waals surface area contributed by atoms with Gasteiger partial charge in [0.2, 0.25) is 0 Å². The maximum atomic E-state index is 12.2. The molecule has 0 bridgehead atoms. The van der Waals surface area contributed by atoms with E-state index in [9.17, 15) is 4.79 Å². The number of fused-ring (bicyclic) bond motifs is 1. The van der Waals surface area contributed by atoms with E-state index in [1.807, 2.05) is 37.3 Å². The van der Waals surface area contributed by atoms with Gasteiger partial charge >= 0.3 is 0 Å². The van der Waals surface area contributed by atoms with Crippen LogP contribution in [-0.2, 0) is 0 Å². The van der Waals surface area contributed by atoms with E-state index in [1.54, 1.807) is 0 Å². The van der Waals surface area contributed by atoms with Gasteiger partial charge in [-0.3, -0.25) is 9.78 Å². The van der Waals surface area contributed by atoms with E-state index < -0.39 is 0 Å². The summed E-state index contributed by atoms with van der Waals surface area (Å²) >= 11 is 0. The van der Waals surface area contributed by atoms with Crippen LogP contribution in [0.5, 0.6) is 0 Å². The molecular formula is C16H16N2O. The van der Waals surface area contributed by atoms with Crippen molar-refractivity contribution in [1.82, 2.24) is 10.3 Å². The van der Waals surface area contributed by atoms with Crippen LogP contribution in [0.15, 0.2) is 30.3 Å². The molecule has 1 aromatic carbocycles. The zero-order chi connectivity index (χ0) is 13.7. The molecule has 0 spiro atoms. The van der Waals surface area contributed by atoms with E-state index in [4.69, 9.17) is 6.42 Å². The van der Waals surface area contributed by atoms with Crippen molar-refractivity contribution in [3.63, 3.8) is 0 Å². The summed E-state index contributed by atoms with van der Waals surface area (Å²) in [6, 6.07) is 9.48. The Morgan fingerprint density at radius 1 is 1.42 bits per heavy atom. The molecule has 0 atom stereocenters. The van der Waals surface area contributed by atoms with Crippen molar-refractivity contribution in [2.75, 3.05) is 6.54 Å². The van der Waals surface area contributed by atoms with E-state index in [0.29, 0.717) is 18.5 Å². The number of terminal acetylenes is 1. The molecule has 1 amide bonds. The second kappa shape index (κ2) is 6.01. The summed E-state index contributed by atoms with van der Waals surface area (Å²) in [4.78, 5) is 16.6. The fourth-order valence-electron chi connectivity index (χ4n) is 1.98. The second-order valence-corrected chi connectivity index (χ2v) is 4.39. The van der Waals surface area contributed by atoms with Crippen molar-refractivity contribution in [2.24, 2.45) is 0 Å². The predicted molar refractivity (Wildman–Crippen MR) is 76.9 cm³/mol. The largest absolute Gasteiger partial charge is 0.352 e. The van der Waals surface area contributed by atoms with E-state index >= 15 is 0 Å². The minimum Gasteiger partial charge on any atom is -0.352 e. The van der Waals surface area contributed by atoms with Gasteiger partial charge in [-0.15, -0.1) is 12.3 Å². The van der Waals surface area contributed by atoms with E-state index in [-0.39, 0.29) is 5.91 Å². The van der Waals surface area contributed by atoms with Crippen LogP contribution in [0.25, 0.3) is 10.9 Å². The van der Waals surface area contributed by atoms with E-state index in [2.05, 4.69) is 16.2 Å². The van der Waals surface area contributed by atoms with Crippen molar-refractivity contribution >= 4 is 16.8 Å². The van der Waals surface area contributed by atoms with Crippen molar-refractivity contribution in [1.29, 1.82) is 0 Å². The number of aryl methyl sites for hydroxylation is 1. The van der Waals surface area contributed by atoms with Crippen molar-refractivity contribution in [3.8, 4) is 12.3 Å². The van der Waals surface area contributed by atoms with Crippen LogP contribution in [0.2, 0.25) is 0 Å². The fraction of sp³-hybridized carbons (Fsp3) is 0.250. The van der Waals surface area contributed by atoms with Crippen LogP contribution in [0, 0.1) is 19.3 Å². The number of para-hydroxylation sites is 1. The van der Waals surface area contributed by atoms with E-state index in [1.165, 1.54) is 0 Å². The summed E-state index contributed by atoms with van der Waals surface area (Å²) in [5.41, 5.74) is 2.35. The quantitative estimate of drug-likeness (QED) is 0.671. The summed E-state index contributed by atoms with van der Waals surface area (Å²) in [6.07, 6.45) is 6.65. The van der Waals surface area contributed by atoms with Crippen LogP contribution in [0.3, 0.4) is 0 Å². The number of aromatic nitrogens is 1. The number of nitrogens with zero attached hydrogens (tertiary/aromatic N) is 1. The molecular weight excluding hydrogens is 236 g/mol. The average Bonchev–Trinajstić information content (AvgIpc) is 2.42. The second-order valence-electron chi connectivity index (χ2n) is 4.39. The van der Waals surface area contributed by atoms with Gasteiger partial charge < -0.3 is 5.32 Å². The number of hydrogen-bond acceptors (Lipinski definition) is 2. The van der Waals surface area contributed by atoms with Crippen LogP contribution in [-0.4, -0.2) is 17.4 Å². The first-order valence-corrected chi connectivity index (χ1v) is 6.30. The lowest BCUT2D eigenvalue weighted by Crippen LogP contribution is -2.24. The Kier molecular flexibility index (Phi) is 4.15. The molecule has 19 heavy (non-hydrogen) atoms. The van der Waals surface area contributed by atoms with Crippen molar-refractivity contribution in [3.05, 3.63) is 41.6 Å². The van der Waals surface area contributed by atoms with Crippen LogP contribution in [0.4, 0.5) is 0 Å². The van der Waals surface area contributed by atoms with Crippen LogP contribution in [0.1, 0.15) is 28.9 Å². The third kappa shape index (κ3) is 3.11. The Hall–Kier alpha value is -2.34. The van der Waals surface area contributed by atoms with Gasteiger partial charge in [-0.25, -0.2) is 0 Å². The molecule has 3 nitrogen and oxygen atoms in total. The van der Waals surface area contributed by atoms with E-state index in [0.717, 1.165) is 23.0 Å². The Morgan fingerprint density at radius 2 is 2.21 bits per heavy atom. The van der Waals surface area contributed by atoms with Crippen LogP contribution >= 0.6 is 0 Å². The Morgan fingerprint density at radius 3 is 3.00 bits per heavy atom. The number of rotatable bonds is 4. The third-order valence-electron chi connectivity index (χ3n) is 2.87. The standard InChI is InChI=1S/C16H16N2O/c1-3-4-7-10-17-16(19)14-11-12(2)18-15-9-6-5-8-13(14)15/h1,5-6,8-9,11H,4,7,10H2,2H3,(H,17,19). The molecule has 3 heteroatoms. The highest BCUT2D eigenvalue weighted by Crippen LogP contribution is 2.17. The molecule has 2 rings (SSSR count). The molecule has 0 aliphatic carbocycles. The zero-order valence-corrected chi connectivity index (χ0v) is 10.9. The highest BCUT2D eigenvalue weighted by molar-refractivity contribution is 6.06. The number of carbonyl (C=O) groups is 1. The maximum Gasteiger partial charge on any atom is 0.252 e. The number of benzene rings is 1. The number of pyridine rings is 1. The molecule has 2 aromatic rings. The van der Waals surface area contributed by atoms with Gasteiger partial charge in [0.25, 0.3) is 5.91 Å². The first-order valence-electron chi connectivity index (χ1n) is 6.30. The molecule has 1 aromatic heterocycles. The molecule has 0 radical (unpaired) electrons. The molecule has 96 valence electrons. The predicted octanol–water partition coefficient (Wildman–Crippen LogP) is 2.69. The fourth-order valence-corrected chi connectivity index (χ4v) is 1.98. The lowest BCUT2D eigenvalue weighted by atomic mass is 10.1. The van der Waals surface area contributed by atoms with Gasteiger partial charge in [-0.1, -0.05) is 18.2 Å². The summed E-state index contributed by atoms with van der Waals surface area (Å²) in [5, 5.41) is 3.77. The molecule has 1 N–H and O–H groups in total. The first-order chi connectivity index (χ1) is 9.22. The molecule has 0 fully saturated rings. The number of hydrogen-bond donors (Lipinski definition) is 1. The number of carbonyl (C=O) groups excluding carboxylic acids is 1.